The molecule has 36 heavy (non-hydrogen) atoms. The molecular weight excluding hydrogens is 500 g/mol. The number of hydrogen-bond acceptors (Lipinski definition) is 13. The van der Waals surface area contributed by atoms with E-state index in [2.05, 4.69) is 20.8 Å². The van der Waals surface area contributed by atoms with Crippen LogP contribution < -0.4 is 15.5 Å². The highest BCUT2D eigenvalue weighted by Crippen LogP contribution is 2.41. The third-order valence-electron chi connectivity index (χ3n) is 5.62. The number of fused-ring (bicyclic) bond motifs is 1. The fourth-order valence-corrected chi connectivity index (χ4v) is 4.70. The number of phenolic OH excluding ortho intramolecular Hbond substituents is 1. The van der Waals surface area contributed by atoms with Gasteiger partial charge >= 0.3 is 0 Å². The molecule has 1 aromatic heterocycles. The number of β-lactam (4-membered cyclic amide) rings is 1. The molecule has 0 spiro atoms. The molecule has 3 atom stereocenters. The summed E-state index contributed by atoms with van der Waals surface area (Å²) in [5.74, 6) is -7.58. The second-order valence-corrected chi connectivity index (χ2v) is 8.67. The molecule has 2 aliphatic heterocycles. The Kier molecular flexibility index (Phi) is 6.66. The Morgan fingerprint density at radius 3 is 2.58 bits per heavy atom. The quantitative estimate of drug-likeness (QED) is 0.141. The lowest BCUT2D eigenvalue weighted by Gasteiger charge is -2.56. The summed E-state index contributed by atoms with van der Waals surface area (Å²) in [7, 11) is 2.67. The molecule has 2 N–H and O–H groups in total. The monoisotopic (exact) mass is 518 g/mol. The van der Waals surface area contributed by atoms with E-state index in [1.165, 1.54) is 28.9 Å². The number of aryl methyl sites for hydroxylation is 1. The molecule has 2 aromatic rings. The maximum absolute atomic E-state index is 13.1. The average Bonchev–Trinajstić information content (AvgIpc) is 3.25. The lowest BCUT2D eigenvalue weighted by molar-refractivity contribution is -0.308. The summed E-state index contributed by atoms with van der Waals surface area (Å²) in [5, 5.41) is 46.7. The third-order valence-corrected chi connectivity index (χ3v) is 6.71. The van der Waals surface area contributed by atoms with Crippen molar-refractivity contribution in [2.45, 2.75) is 23.0 Å². The number of phenols is 1. The van der Waals surface area contributed by atoms with Gasteiger partial charge in [0.2, 0.25) is 11.1 Å². The number of carbonyl (C=O) groups is 4. The largest absolute Gasteiger partial charge is 0.549 e. The van der Waals surface area contributed by atoms with Gasteiger partial charge in [-0.15, -0.1) is 5.10 Å². The molecule has 0 bridgehead atoms. The Morgan fingerprint density at radius 1 is 1.33 bits per heavy atom. The Hall–Kier alpha value is -4.02. The number of methoxy groups -OCH3 is 1. The van der Waals surface area contributed by atoms with E-state index in [4.69, 9.17) is 9.47 Å². The van der Waals surface area contributed by atoms with Gasteiger partial charge in [0.15, 0.2) is 6.23 Å². The molecule has 15 nitrogen and oxygen atoms in total. The van der Waals surface area contributed by atoms with Gasteiger partial charge in [-0.2, -0.15) is 0 Å². The zero-order valence-electron chi connectivity index (χ0n) is 18.7. The third kappa shape index (κ3) is 4.14. The molecule has 0 saturated carbocycles. The van der Waals surface area contributed by atoms with Crippen LogP contribution >= 0.6 is 11.8 Å². The first kappa shape index (κ1) is 25.1. The Bertz CT molecular complexity index is 1260. The molecule has 0 aliphatic carbocycles. The second-order valence-electron chi connectivity index (χ2n) is 7.72. The highest BCUT2D eigenvalue weighted by atomic mass is 32.2. The number of tetrazole rings is 1. The van der Waals surface area contributed by atoms with Gasteiger partial charge in [-0.05, 0) is 33.7 Å². The number of aliphatic carboxylic acids is 2. The number of rotatable bonds is 9. The zero-order valence-corrected chi connectivity index (χ0v) is 19.6. The standard InChI is InChI=1S/C20H20N6O9S/c1-25-19(22-23-24-25)36-8-10-7-35-18-20(34-2,17(33)26(18)13(10)16(31)32)21-14(28)12(15(29)30)9-3-5-11(27)6-4-9/h3-6,12,18,27H,7-8H2,1-2H3,(H,21,28)(H,29,30)(H,31,32)/p-2/t12-,18-,20+/m1/s1. The van der Waals surface area contributed by atoms with Crippen LogP contribution in [0.15, 0.2) is 40.7 Å². The van der Waals surface area contributed by atoms with Crippen molar-refractivity contribution in [3.63, 3.8) is 0 Å². The minimum Gasteiger partial charge on any atom is -0.549 e. The molecule has 16 heteroatoms. The van der Waals surface area contributed by atoms with Crippen molar-refractivity contribution in [2.24, 2.45) is 7.05 Å². The number of aromatic nitrogens is 4. The number of hydrogen-bond donors (Lipinski definition) is 2. The number of nitrogens with one attached hydrogen (secondary N) is 1. The molecule has 2 aliphatic rings. The van der Waals surface area contributed by atoms with Crippen molar-refractivity contribution in [1.82, 2.24) is 30.4 Å². The number of nitrogens with zero attached hydrogens (tertiary/aromatic N) is 5. The Labute approximate surface area is 206 Å². The molecular formula is C20H18N6O9S-2. The molecule has 0 unspecified atom stereocenters. The molecule has 2 amide bonds. The van der Waals surface area contributed by atoms with Crippen LogP contribution in [0.5, 0.6) is 5.75 Å². The summed E-state index contributed by atoms with van der Waals surface area (Å²) in [6.45, 7) is -0.265. The number of carboxylic acids is 2. The lowest BCUT2D eigenvalue weighted by Crippen LogP contribution is -2.83. The smallest absolute Gasteiger partial charge is 0.287 e. The predicted molar refractivity (Wildman–Crippen MR) is 112 cm³/mol. The van der Waals surface area contributed by atoms with E-state index in [0.29, 0.717) is 5.16 Å². The van der Waals surface area contributed by atoms with Crippen LogP contribution in [0.4, 0.5) is 0 Å². The number of carbonyl (C=O) groups excluding carboxylic acids is 4. The molecule has 3 heterocycles. The highest BCUT2D eigenvalue weighted by molar-refractivity contribution is 7.99. The van der Waals surface area contributed by atoms with Gasteiger partial charge in [-0.1, -0.05) is 23.9 Å². The number of ether oxygens (including phenoxy) is 2. The minimum absolute atomic E-state index is 0.0300. The fraction of sp³-hybridized carbons (Fsp3) is 0.350. The van der Waals surface area contributed by atoms with E-state index in [9.17, 15) is 34.5 Å². The first-order valence-corrected chi connectivity index (χ1v) is 11.2. The van der Waals surface area contributed by atoms with Crippen molar-refractivity contribution in [3.8, 4) is 5.75 Å². The van der Waals surface area contributed by atoms with Crippen LogP contribution in [0.25, 0.3) is 0 Å². The van der Waals surface area contributed by atoms with Gasteiger partial charge in [0.1, 0.15) is 11.7 Å². The lowest BCUT2D eigenvalue weighted by atomic mass is 9.92. The summed E-state index contributed by atoms with van der Waals surface area (Å²) >= 11 is 1.10. The van der Waals surface area contributed by atoms with Gasteiger partial charge in [0.25, 0.3) is 11.6 Å². The number of aromatic hydroxyl groups is 1. The van der Waals surface area contributed by atoms with E-state index in [1.54, 1.807) is 7.05 Å². The van der Waals surface area contributed by atoms with Crippen LogP contribution in [0.3, 0.4) is 0 Å². The van der Waals surface area contributed by atoms with E-state index < -0.39 is 47.3 Å². The molecule has 190 valence electrons. The van der Waals surface area contributed by atoms with Crippen LogP contribution in [0.1, 0.15) is 11.5 Å². The van der Waals surface area contributed by atoms with Crippen molar-refractivity contribution in [2.75, 3.05) is 19.5 Å². The van der Waals surface area contributed by atoms with Gasteiger partial charge in [0.05, 0.1) is 24.2 Å². The Balaban J connectivity index is 1.58. The number of thioether (sulfide) groups is 1. The maximum atomic E-state index is 13.1. The van der Waals surface area contributed by atoms with E-state index in [1.807, 2.05) is 0 Å². The number of carboxylic acid groups (broad SMARTS) is 2. The zero-order chi connectivity index (χ0) is 26.2. The highest BCUT2D eigenvalue weighted by Gasteiger charge is 2.67. The Morgan fingerprint density at radius 2 is 2.03 bits per heavy atom. The summed E-state index contributed by atoms with van der Waals surface area (Å²) in [6.07, 6.45) is -1.42. The van der Waals surface area contributed by atoms with Crippen LogP contribution in [0.2, 0.25) is 0 Å². The molecule has 0 radical (unpaired) electrons. The van der Waals surface area contributed by atoms with Gasteiger partial charge in [0, 0.05) is 19.9 Å². The topological polar surface area (TPSA) is 212 Å². The van der Waals surface area contributed by atoms with Crippen molar-refractivity contribution < 1.29 is 44.0 Å². The number of benzene rings is 1. The first-order valence-electron chi connectivity index (χ1n) is 10.2. The average molecular weight is 518 g/mol. The molecule has 1 saturated heterocycles. The van der Waals surface area contributed by atoms with Crippen molar-refractivity contribution >= 4 is 35.5 Å². The fourth-order valence-electron chi connectivity index (χ4n) is 3.85. The van der Waals surface area contributed by atoms with Gasteiger partial charge in [-0.25, -0.2) is 4.68 Å². The second kappa shape index (κ2) is 9.56. The normalized spacial score (nSPS) is 22.0. The minimum atomic E-state index is -2.20. The van der Waals surface area contributed by atoms with Crippen molar-refractivity contribution in [3.05, 3.63) is 41.1 Å². The summed E-state index contributed by atoms with van der Waals surface area (Å²) in [6, 6.07) is 4.76. The summed E-state index contributed by atoms with van der Waals surface area (Å²) < 4.78 is 12.3. The van der Waals surface area contributed by atoms with Gasteiger partial charge < -0.3 is 39.7 Å². The molecule has 1 fully saturated rings. The van der Waals surface area contributed by atoms with Crippen molar-refractivity contribution in [1.29, 1.82) is 0 Å². The maximum Gasteiger partial charge on any atom is 0.287 e. The van der Waals surface area contributed by atoms with E-state index in [-0.39, 0.29) is 29.2 Å². The molecule has 1 aromatic carbocycles. The van der Waals surface area contributed by atoms with Crippen LogP contribution in [-0.2, 0) is 35.7 Å². The SMILES string of the molecule is CO[C@@]1(NC(=O)[C@H](C(=O)[O-])c2ccc(O)cc2)C(=O)N2C(C(=O)[O-])=C(CSc3nnnn3C)CO[C@@H]21. The summed E-state index contributed by atoms with van der Waals surface area (Å²) in [5.41, 5.74) is -2.50. The van der Waals surface area contributed by atoms with Crippen LogP contribution in [0, 0.1) is 0 Å². The van der Waals surface area contributed by atoms with E-state index in [0.717, 1.165) is 23.8 Å². The van der Waals surface area contributed by atoms with Gasteiger partial charge in [-0.3, -0.25) is 14.5 Å². The predicted octanol–water partition coefficient (Wildman–Crippen LogP) is -3.80. The first-order chi connectivity index (χ1) is 17.1. The molecule has 4 rings (SSSR count). The summed E-state index contributed by atoms with van der Waals surface area (Å²) in [4.78, 5) is 50.5. The van der Waals surface area contributed by atoms with E-state index >= 15 is 0 Å². The number of amides is 2. The van der Waals surface area contributed by atoms with Crippen LogP contribution in [-0.4, -0.2) is 85.4 Å².